The molecule has 0 aromatic heterocycles. The summed E-state index contributed by atoms with van der Waals surface area (Å²) >= 11 is 0. The Bertz CT molecular complexity index is 1080. The number of para-hydroxylation sites is 1. The van der Waals surface area contributed by atoms with Crippen LogP contribution in [0.4, 0.5) is 28.9 Å². The molecule has 3 unspecified atom stereocenters. The largest absolute Gasteiger partial charge is 0.416 e. The third-order valence-corrected chi connectivity index (χ3v) is 6.20. The Labute approximate surface area is 182 Å². The van der Waals surface area contributed by atoms with Crippen LogP contribution in [0.25, 0.3) is 0 Å². The van der Waals surface area contributed by atoms with Crippen molar-refractivity contribution in [1.29, 1.82) is 0 Å². The zero-order chi connectivity index (χ0) is 23.0. The van der Waals surface area contributed by atoms with Crippen LogP contribution in [0.2, 0.25) is 0 Å². The van der Waals surface area contributed by atoms with E-state index in [4.69, 9.17) is 0 Å². The monoisotopic (exact) mass is 446 g/mol. The Balaban J connectivity index is 1.58. The van der Waals surface area contributed by atoms with E-state index in [0.29, 0.717) is 13.0 Å². The lowest BCUT2D eigenvalue weighted by Crippen LogP contribution is -2.51. The van der Waals surface area contributed by atoms with Crippen molar-refractivity contribution in [3.8, 4) is 0 Å². The van der Waals surface area contributed by atoms with Crippen molar-refractivity contribution in [2.75, 3.05) is 16.8 Å². The van der Waals surface area contributed by atoms with E-state index in [-0.39, 0.29) is 35.2 Å². The summed E-state index contributed by atoms with van der Waals surface area (Å²) < 4.78 is 54.0. The molecule has 4 rings (SSSR count). The van der Waals surface area contributed by atoms with Crippen molar-refractivity contribution in [2.45, 2.75) is 25.9 Å². The molecule has 2 aliphatic rings. The van der Waals surface area contributed by atoms with Gasteiger partial charge in [0.25, 0.3) is 0 Å². The molecule has 0 spiro atoms. The van der Waals surface area contributed by atoms with Crippen LogP contribution in [-0.2, 0) is 15.8 Å². The second-order valence-corrected chi connectivity index (χ2v) is 8.21. The molecule has 2 amide bonds. The van der Waals surface area contributed by atoms with E-state index in [1.807, 2.05) is 12.2 Å². The van der Waals surface area contributed by atoms with Crippen molar-refractivity contribution >= 4 is 23.2 Å². The first-order valence-electron chi connectivity index (χ1n) is 10.4. The Kier molecular flexibility index (Phi) is 5.79. The van der Waals surface area contributed by atoms with Gasteiger partial charge in [0, 0.05) is 12.2 Å². The number of alkyl halides is 3. The van der Waals surface area contributed by atoms with Crippen LogP contribution in [0.1, 0.15) is 24.0 Å². The van der Waals surface area contributed by atoms with Crippen molar-refractivity contribution in [3.05, 3.63) is 71.6 Å². The number of fused-ring (bicyclic) bond motifs is 1. The summed E-state index contributed by atoms with van der Waals surface area (Å²) in [6.45, 7) is 1.68. The third-order valence-electron chi connectivity index (χ3n) is 6.20. The van der Waals surface area contributed by atoms with Crippen LogP contribution in [0, 0.1) is 30.5 Å². The molecule has 4 nitrogen and oxygen atoms in total. The Morgan fingerprint density at radius 2 is 1.91 bits per heavy atom. The van der Waals surface area contributed by atoms with Crippen LogP contribution >= 0.6 is 0 Å². The van der Waals surface area contributed by atoms with Gasteiger partial charge in [0.15, 0.2) is 0 Å². The number of aryl methyl sites for hydroxylation is 1. The Morgan fingerprint density at radius 1 is 1.16 bits per heavy atom. The summed E-state index contributed by atoms with van der Waals surface area (Å²) in [6, 6.07) is 9.57. The number of allylic oxidation sites excluding steroid dienone is 2. The first-order valence-corrected chi connectivity index (χ1v) is 10.4. The Morgan fingerprint density at radius 3 is 2.62 bits per heavy atom. The molecule has 32 heavy (non-hydrogen) atoms. The summed E-state index contributed by atoms with van der Waals surface area (Å²) in [4.78, 5) is 27.7. The number of hydrogen-bond donors (Lipinski definition) is 1. The van der Waals surface area contributed by atoms with Gasteiger partial charge >= 0.3 is 6.18 Å². The third kappa shape index (κ3) is 4.13. The van der Waals surface area contributed by atoms with E-state index < -0.39 is 35.3 Å². The van der Waals surface area contributed by atoms with E-state index in [1.54, 1.807) is 6.07 Å². The average Bonchev–Trinajstić information content (AvgIpc) is 2.75. The van der Waals surface area contributed by atoms with Crippen molar-refractivity contribution in [1.82, 2.24) is 0 Å². The first-order chi connectivity index (χ1) is 15.2. The molecule has 1 saturated heterocycles. The number of carbonyl (C=O) groups excluding carboxylic acids is 2. The van der Waals surface area contributed by atoms with Crippen LogP contribution in [-0.4, -0.2) is 18.4 Å². The predicted molar refractivity (Wildman–Crippen MR) is 112 cm³/mol. The normalized spacial score (nSPS) is 23.1. The Hall–Kier alpha value is -3.16. The van der Waals surface area contributed by atoms with Crippen LogP contribution in [0.5, 0.6) is 0 Å². The highest BCUT2D eigenvalue weighted by Gasteiger charge is 2.45. The van der Waals surface area contributed by atoms with E-state index in [1.165, 1.54) is 42.2 Å². The number of nitrogens with one attached hydrogen (secondary N) is 1. The minimum absolute atomic E-state index is 0.0215. The molecule has 0 bridgehead atoms. The molecule has 1 N–H and O–H groups in total. The number of piperidine rings is 1. The summed E-state index contributed by atoms with van der Waals surface area (Å²) in [5.74, 6) is -3.05. The van der Waals surface area contributed by atoms with E-state index in [9.17, 15) is 27.2 Å². The minimum Gasteiger partial charge on any atom is -0.326 e. The molecule has 0 radical (unpaired) electrons. The van der Waals surface area contributed by atoms with E-state index >= 15 is 0 Å². The quantitative estimate of drug-likeness (QED) is 0.511. The lowest BCUT2D eigenvalue weighted by atomic mass is 9.71. The number of carbonyl (C=O) groups is 2. The molecular weight excluding hydrogens is 424 g/mol. The van der Waals surface area contributed by atoms with Crippen molar-refractivity contribution in [3.63, 3.8) is 0 Å². The lowest BCUT2D eigenvalue weighted by molar-refractivity contribution is -0.138. The van der Waals surface area contributed by atoms with Crippen LogP contribution in [0.3, 0.4) is 0 Å². The van der Waals surface area contributed by atoms with Gasteiger partial charge in [0.2, 0.25) is 11.8 Å². The van der Waals surface area contributed by atoms with Crippen LogP contribution < -0.4 is 10.2 Å². The van der Waals surface area contributed by atoms with Gasteiger partial charge in [-0.15, -0.1) is 0 Å². The smallest absolute Gasteiger partial charge is 0.326 e. The fourth-order valence-electron chi connectivity index (χ4n) is 4.58. The van der Waals surface area contributed by atoms with Gasteiger partial charge in [0.05, 0.1) is 23.1 Å². The lowest BCUT2D eigenvalue weighted by Gasteiger charge is -2.41. The minimum atomic E-state index is -4.54. The maximum atomic E-state index is 14.3. The number of halogens is 4. The summed E-state index contributed by atoms with van der Waals surface area (Å²) in [5.41, 5.74) is -0.582. The maximum absolute atomic E-state index is 14.3. The number of hydrogen-bond acceptors (Lipinski definition) is 2. The van der Waals surface area contributed by atoms with Gasteiger partial charge in [-0.3, -0.25) is 9.59 Å². The average molecular weight is 446 g/mol. The molecule has 3 atom stereocenters. The molecule has 2 aromatic carbocycles. The van der Waals surface area contributed by atoms with Gasteiger partial charge in [-0.05, 0) is 55.5 Å². The highest BCUT2D eigenvalue weighted by Crippen LogP contribution is 2.40. The maximum Gasteiger partial charge on any atom is 0.416 e. The summed E-state index contributed by atoms with van der Waals surface area (Å²) in [6.07, 6.45) is 0.0328. The van der Waals surface area contributed by atoms with E-state index in [0.717, 1.165) is 6.07 Å². The second-order valence-electron chi connectivity index (χ2n) is 8.21. The number of nitrogens with zero attached hydrogens (tertiary/aromatic N) is 1. The predicted octanol–water partition coefficient (Wildman–Crippen LogP) is 5.34. The highest BCUT2D eigenvalue weighted by atomic mass is 19.4. The van der Waals surface area contributed by atoms with Gasteiger partial charge in [-0.2, -0.15) is 13.2 Å². The zero-order valence-electron chi connectivity index (χ0n) is 17.3. The van der Waals surface area contributed by atoms with Gasteiger partial charge in [0.1, 0.15) is 5.82 Å². The molecule has 2 aromatic rings. The molecule has 0 saturated carbocycles. The zero-order valence-corrected chi connectivity index (χ0v) is 17.3. The summed E-state index contributed by atoms with van der Waals surface area (Å²) in [7, 11) is 0. The number of amides is 2. The standard InChI is InChI=1S/C24H22F4N2O2/c1-14-9-10-16(13-18(14)24(26,27)28)29-22(31)17-6-4-5-15-11-12-30(23(32)21(15)17)20-8-3-2-7-19(20)25/h2-5,7-10,13,15,17,21H,6,11-12H2,1H3,(H,29,31). The number of benzene rings is 2. The molecule has 8 heteroatoms. The molecule has 168 valence electrons. The van der Waals surface area contributed by atoms with Crippen LogP contribution in [0.15, 0.2) is 54.6 Å². The fourth-order valence-corrected chi connectivity index (χ4v) is 4.58. The highest BCUT2D eigenvalue weighted by molar-refractivity contribution is 6.02. The molecule has 1 heterocycles. The topological polar surface area (TPSA) is 49.4 Å². The number of rotatable bonds is 3. The van der Waals surface area contributed by atoms with Crippen molar-refractivity contribution in [2.24, 2.45) is 17.8 Å². The van der Waals surface area contributed by atoms with E-state index in [2.05, 4.69) is 5.32 Å². The molecular formula is C24H22F4N2O2. The molecule has 1 aliphatic heterocycles. The molecule has 1 fully saturated rings. The van der Waals surface area contributed by atoms with Gasteiger partial charge in [-0.25, -0.2) is 4.39 Å². The first kappa shape index (κ1) is 22.0. The second kappa shape index (κ2) is 8.41. The summed E-state index contributed by atoms with van der Waals surface area (Å²) in [5, 5.41) is 2.55. The SMILES string of the molecule is Cc1ccc(NC(=O)C2CC=CC3CCN(c4ccccc4F)C(=O)C32)cc1C(F)(F)F. The fraction of sp³-hybridized carbons (Fsp3) is 0.333. The van der Waals surface area contributed by atoms with Gasteiger partial charge in [-0.1, -0.05) is 30.4 Å². The molecule has 1 aliphatic carbocycles. The van der Waals surface area contributed by atoms with Gasteiger partial charge < -0.3 is 10.2 Å². The van der Waals surface area contributed by atoms with Crippen molar-refractivity contribution < 1.29 is 27.2 Å². The number of anilines is 2.